The quantitative estimate of drug-likeness (QED) is 0.214. The molecule has 8 rings (SSSR count). The molecule has 0 N–H and O–H groups in total. The van der Waals surface area contributed by atoms with Crippen LogP contribution in [0.1, 0.15) is 22.3 Å². The summed E-state index contributed by atoms with van der Waals surface area (Å²) in [7, 11) is 0. The van der Waals surface area contributed by atoms with E-state index in [0.717, 1.165) is 28.1 Å². The Kier molecular flexibility index (Phi) is 6.05. The second kappa shape index (κ2) is 10.3. The summed E-state index contributed by atoms with van der Waals surface area (Å²) in [6.45, 7) is 0. The van der Waals surface area contributed by atoms with Crippen LogP contribution in [0.5, 0.6) is 0 Å². The normalized spacial score (nSPS) is 15.1. The standard InChI is InChI=1S/C41H28N2/c1-4-13-29(14-5-1)38-27-31(28-39(43-38)30-15-6-2-7-16-30)34-20-12-22-37-40(34)35-19-10-11-21-36(35)41(37,32-17-8-3-9-18-32)33-23-25-42-26-24-33/h1-28H. The second-order valence-electron chi connectivity index (χ2n) is 11.0. The molecular weight excluding hydrogens is 520 g/mol. The van der Waals surface area contributed by atoms with Crippen LogP contribution in [0.3, 0.4) is 0 Å². The summed E-state index contributed by atoms with van der Waals surface area (Å²) in [6.07, 6.45) is 3.82. The minimum Gasteiger partial charge on any atom is -0.265 e. The molecule has 0 saturated carbocycles. The molecule has 1 aliphatic carbocycles. The molecule has 0 radical (unpaired) electrons. The minimum atomic E-state index is -0.469. The molecule has 0 spiro atoms. The van der Waals surface area contributed by atoms with Crippen molar-refractivity contribution in [3.05, 3.63) is 192 Å². The van der Waals surface area contributed by atoms with E-state index in [1.54, 1.807) is 0 Å². The van der Waals surface area contributed by atoms with Crippen LogP contribution in [0, 0.1) is 0 Å². The molecule has 0 amide bonds. The highest BCUT2D eigenvalue weighted by Crippen LogP contribution is 2.58. The monoisotopic (exact) mass is 548 g/mol. The summed E-state index contributed by atoms with van der Waals surface area (Å²) in [5.74, 6) is 0. The Morgan fingerprint density at radius 2 is 0.907 bits per heavy atom. The van der Waals surface area contributed by atoms with Crippen molar-refractivity contribution in [1.29, 1.82) is 0 Å². The van der Waals surface area contributed by atoms with Crippen molar-refractivity contribution >= 4 is 0 Å². The lowest BCUT2D eigenvalue weighted by Crippen LogP contribution is -2.28. The lowest BCUT2D eigenvalue weighted by atomic mass is 9.68. The van der Waals surface area contributed by atoms with Gasteiger partial charge in [0.15, 0.2) is 0 Å². The molecule has 0 saturated heterocycles. The van der Waals surface area contributed by atoms with Crippen LogP contribution in [0.25, 0.3) is 44.8 Å². The Labute approximate surface area is 252 Å². The number of hydrogen-bond donors (Lipinski definition) is 0. The van der Waals surface area contributed by atoms with E-state index in [4.69, 9.17) is 4.98 Å². The van der Waals surface area contributed by atoms with Crippen molar-refractivity contribution in [3.63, 3.8) is 0 Å². The fraction of sp³-hybridized carbons (Fsp3) is 0.0244. The van der Waals surface area contributed by atoms with E-state index in [9.17, 15) is 0 Å². The first-order valence-electron chi connectivity index (χ1n) is 14.7. The number of rotatable bonds is 5. The van der Waals surface area contributed by atoms with E-state index < -0.39 is 5.41 Å². The van der Waals surface area contributed by atoms with Gasteiger partial charge in [0.2, 0.25) is 0 Å². The molecule has 0 bridgehead atoms. The first-order valence-corrected chi connectivity index (χ1v) is 14.7. The van der Waals surface area contributed by atoms with Crippen LogP contribution in [-0.2, 0) is 5.41 Å². The van der Waals surface area contributed by atoms with E-state index >= 15 is 0 Å². The molecule has 5 aromatic carbocycles. The number of pyridine rings is 2. The summed E-state index contributed by atoms with van der Waals surface area (Å²) in [5.41, 5.74) is 13.6. The van der Waals surface area contributed by atoms with Gasteiger partial charge in [-0.25, -0.2) is 4.98 Å². The zero-order valence-corrected chi connectivity index (χ0v) is 23.6. The SMILES string of the molecule is c1ccc(-c2cc(-c3cccc4c3-c3ccccc3C4(c3ccccc3)c3ccncc3)cc(-c3ccccc3)n2)cc1. The molecule has 2 heteroatoms. The Morgan fingerprint density at radius 1 is 0.395 bits per heavy atom. The highest BCUT2D eigenvalue weighted by Gasteiger charge is 2.46. The maximum atomic E-state index is 5.15. The predicted octanol–water partition coefficient (Wildman–Crippen LogP) is 9.84. The third-order valence-electron chi connectivity index (χ3n) is 8.66. The molecule has 2 heterocycles. The molecule has 2 nitrogen and oxygen atoms in total. The molecule has 1 unspecified atom stereocenters. The van der Waals surface area contributed by atoms with Gasteiger partial charge in [0.05, 0.1) is 16.8 Å². The summed E-state index contributed by atoms with van der Waals surface area (Å²) in [5, 5.41) is 0. The van der Waals surface area contributed by atoms with Gasteiger partial charge in [-0.2, -0.15) is 0 Å². The van der Waals surface area contributed by atoms with Crippen LogP contribution in [0.15, 0.2) is 170 Å². The summed E-state index contributed by atoms with van der Waals surface area (Å²) >= 11 is 0. The molecule has 7 aromatic rings. The molecule has 0 aliphatic heterocycles. The maximum Gasteiger partial charge on any atom is 0.0715 e. The molecule has 1 atom stereocenters. The third kappa shape index (κ3) is 4.03. The Balaban J connectivity index is 1.45. The van der Waals surface area contributed by atoms with Gasteiger partial charge in [-0.3, -0.25) is 4.98 Å². The number of nitrogens with zero attached hydrogens (tertiary/aromatic N) is 2. The van der Waals surface area contributed by atoms with E-state index in [0.29, 0.717) is 0 Å². The third-order valence-corrected chi connectivity index (χ3v) is 8.66. The van der Waals surface area contributed by atoms with E-state index in [1.165, 1.54) is 38.9 Å². The smallest absolute Gasteiger partial charge is 0.0715 e. The molecule has 0 fully saturated rings. The van der Waals surface area contributed by atoms with Gasteiger partial charge in [-0.05, 0) is 68.8 Å². The lowest BCUT2D eigenvalue weighted by molar-refractivity contribution is 0.766. The summed E-state index contributed by atoms with van der Waals surface area (Å²) in [4.78, 5) is 9.54. The Morgan fingerprint density at radius 3 is 1.56 bits per heavy atom. The summed E-state index contributed by atoms with van der Waals surface area (Å²) in [6, 6.07) is 56.3. The number of fused-ring (bicyclic) bond motifs is 3. The predicted molar refractivity (Wildman–Crippen MR) is 176 cm³/mol. The lowest BCUT2D eigenvalue weighted by Gasteiger charge is -2.33. The van der Waals surface area contributed by atoms with Gasteiger partial charge in [-0.1, -0.05) is 133 Å². The number of hydrogen-bond acceptors (Lipinski definition) is 2. The van der Waals surface area contributed by atoms with Gasteiger partial charge in [0, 0.05) is 23.5 Å². The Bertz CT molecular complexity index is 1950. The average Bonchev–Trinajstić information content (AvgIpc) is 3.41. The van der Waals surface area contributed by atoms with Gasteiger partial charge >= 0.3 is 0 Å². The van der Waals surface area contributed by atoms with Crippen molar-refractivity contribution in [1.82, 2.24) is 9.97 Å². The topological polar surface area (TPSA) is 25.8 Å². The van der Waals surface area contributed by atoms with Crippen molar-refractivity contribution in [3.8, 4) is 44.8 Å². The van der Waals surface area contributed by atoms with Crippen molar-refractivity contribution in [2.24, 2.45) is 0 Å². The van der Waals surface area contributed by atoms with E-state index in [-0.39, 0.29) is 0 Å². The number of aromatic nitrogens is 2. The number of benzene rings is 5. The van der Waals surface area contributed by atoms with Crippen LogP contribution < -0.4 is 0 Å². The van der Waals surface area contributed by atoms with Crippen molar-refractivity contribution in [2.45, 2.75) is 5.41 Å². The van der Waals surface area contributed by atoms with Crippen LogP contribution in [-0.4, -0.2) is 9.97 Å². The van der Waals surface area contributed by atoms with Gasteiger partial charge < -0.3 is 0 Å². The molecule has 1 aliphatic rings. The second-order valence-corrected chi connectivity index (χ2v) is 11.0. The zero-order chi connectivity index (χ0) is 28.6. The first kappa shape index (κ1) is 25.1. The highest BCUT2D eigenvalue weighted by atomic mass is 14.7. The van der Waals surface area contributed by atoms with Crippen LogP contribution >= 0.6 is 0 Å². The van der Waals surface area contributed by atoms with Crippen molar-refractivity contribution < 1.29 is 0 Å². The fourth-order valence-corrected chi connectivity index (χ4v) is 6.85. The minimum absolute atomic E-state index is 0.469. The first-order chi connectivity index (χ1) is 21.3. The van der Waals surface area contributed by atoms with Gasteiger partial charge in [-0.15, -0.1) is 0 Å². The van der Waals surface area contributed by atoms with Crippen molar-refractivity contribution in [2.75, 3.05) is 0 Å². The van der Waals surface area contributed by atoms with E-state index in [2.05, 4.69) is 163 Å². The molecule has 202 valence electrons. The van der Waals surface area contributed by atoms with Gasteiger partial charge in [0.1, 0.15) is 0 Å². The largest absolute Gasteiger partial charge is 0.265 e. The zero-order valence-electron chi connectivity index (χ0n) is 23.6. The molecule has 43 heavy (non-hydrogen) atoms. The fourth-order valence-electron chi connectivity index (χ4n) is 6.85. The summed E-state index contributed by atoms with van der Waals surface area (Å²) < 4.78 is 0. The molecular formula is C41H28N2. The van der Waals surface area contributed by atoms with Crippen LogP contribution in [0.4, 0.5) is 0 Å². The maximum absolute atomic E-state index is 5.15. The molecule has 2 aromatic heterocycles. The van der Waals surface area contributed by atoms with Crippen LogP contribution in [0.2, 0.25) is 0 Å². The van der Waals surface area contributed by atoms with E-state index in [1.807, 2.05) is 12.4 Å². The Hall–Kier alpha value is -5.60. The van der Waals surface area contributed by atoms with Gasteiger partial charge in [0.25, 0.3) is 0 Å². The average molecular weight is 549 g/mol. The highest BCUT2D eigenvalue weighted by molar-refractivity contribution is 5.96.